The Bertz CT molecular complexity index is 879. The number of carbonyl (C=O) groups is 2. The molecule has 0 bridgehead atoms. The quantitative estimate of drug-likeness (QED) is 0.521. The largest absolute Gasteiger partial charge is 0.479 e. The van der Waals surface area contributed by atoms with Gasteiger partial charge in [-0.05, 0) is 45.9 Å². The van der Waals surface area contributed by atoms with Gasteiger partial charge in [0.25, 0.3) is 5.91 Å². The van der Waals surface area contributed by atoms with Gasteiger partial charge in [-0.25, -0.2) is 4.98 Å². The molecule has 1 amide bonds. The van der Waals surface area contributed by atoms with E-state index >= 15 is 0 Å². The van der Waals surface area contributed by atoms with Crippen molar-refractivity contribution < 1.29 is 23.8 Å². The number of esters is 1. The maximum absolute atomic E-state index is 12.7. The highest BCUT2D eigenvalue weighted by Crippen LogP contribution is 2.38. The zero-order chi connectivity index (χ0) is 20.3. The van der Waals surface area contributed by atoms with Gasteiger partial charge in [0.2, 0.25) is 0 Å². The summed E-state index contributed by atoms with van der Waals surface area (Å²) in [6.45, 7) is 8.38. The smallest absolute Gasteiger partial charge is 0.326 e. The van der Waals surface area contributed by atoms with Gasteiger partial charge in [-0.15, -0.1) is 11.3 Å². The molecule has 2 aromatic rings. The number of ether oxygens (including phenoxy) is 3. The summed E-state index contributed by atoms with van der Waals surface area (Å²) < 4.78 is 16.1. The number of nitrogens with zero attached hydrogens (tertiary/aromatic N) is 2. The van der Waals surface area contributed by atoms with E-state index in [0.29, 0.717) is 24.7 Å². The molecule has 28 heavy (non-hydrogen) atoms. The molecule has 8 heteroatoms. The van der Waals surface area contributed by atoms with Crippen LogP contribution in [0.15, 0.2) is 18.2 Å². The lowest BCUT2D eigenvalue weighted by atomic mass is 10.1. The molecule has 0 saturated carbocycles. The van der Waals surface area contributed by atoms with Crippen molar-refractivity contribution >= 4 is 28.9 Å². The molecular formula is C20H24N2O5S. The molecule has 0 saturated heterocycles. The number of fused-ring (bicyclic) bond motifs is 1. The maximum atomic E-state index is 12.7. The molecule has 0 fully saturated rings. The minimum absolute atomic E-state index is 0.158. The molecule has 1 unspecified atom stereocenters. The van der Waals surface area contributed by atoms with Crippen molar-refractivity contribution in [3.63, 3.8) is 0 Å². The highest BCUT2D eigenvalue weighted by molar-refractivity contribution is 7.11. The molecule has 150 valence electrons. The van der Waals surface area contributed by atoms with Crippen molar-refractivity contribution in [1.29, 1.82) is 0 Å². The van der Waals surface area contributed by atoms with Crippen LogP contribution in [0.25, 0.3) is 11.3 Å². The predicted molar refractivity (Wildman–Crippen MR) is 107 cm³/mol. The van der Waals surface area contributed by atoms with Crippen molar-refractivity contribution in [3.05, 3.63) is 28.1 Å². The van der Waals surface area contributed by atoms with Gasteiger partial charge in [-0.1, -0.05) is 0 Å². The zero-order valence-electron chi connectivity index (χ0n) is 16.5. The van der Waals surface area contributed by atoms with E-state index in [9.17, 15) is 9.59 Å². The lowest BCUT2D eigenvalue weighted by Gasteiger charge is -2.32. The molecule has 0 N–H and O–H groups in total. The van der Waals surface area contributed by atoms with Crippen molar-refractivity contribution in [2.75, 3.05) is 31.3 Å². The topological polar surface area (TPSA) is 78.0 Å². The molecule has 1 atom stereocenters. The Morgan fingerprint density at radius 2 is 2.11 bits per heavy atom. The minimum atomic E-state index is -0.669. The van der Waals surface area contributed by atoms with Crippen LogP contribution < -0.4 is 9.64 Å². The van der Waals surface area contributed by atoms with Gasteiger partial charge >= 0.3 is 5.97 Å². The average molecular weight is 404 g/mol. The normalized spacial score (nSPS) is 15.9. The van der Waals surface area contributed by atoms with Crippen LogP contribution in [0, 0.1) is 13.8 Å². The van der Waals surface area contributed by atoms with Gasteiger partial charge in [-0.2, -0.15) is 0 Å². The fraction of sp³-hybridized carbons (Fsp3) is 0.450. The first-order chi connectivity index (χ1) is 13.4. The molecular weight excluding hydrogens is 380 g/mol. The third kappa shape index (κ3) is 4.34. The number of rotatable bonds is 7. The van der Waals surface area contributed by atoms with E-state index in [4.69, 9.17) is 14.2 Å². The molecule has 1 aliphatic heterocycles. The number of hydrogen-bond acceptors (Lipinski definition) is 7. The molecule has 1 aromatic heterocycles. The number of hydrogen-bond donors (Lipinski definition) is 0. The van der Waals surface area contributed by atoms with Gasteiger partial charge in [0, 0.05) is 17.0 Å². The lowest BCUT2D eigenvalue weighted by molar-refractivity contribution is -0.144. The van der Waals surface area contributed by atoms with Crippen LogP contribution in [0.3, 0.4) is 0 Å². The van der Waals surface area contributed by atoms with Crippen molar-refractivity contribution in [2.24, 2.45) is 0 Å². The van der Waals surface area contributed by atoms with Gasteiger partial charge in [0.1, 0.15) is 18.9 Å². The predicted octanol–water partition coefficient (Wildman–Crippen LogP) is 3.12. The van der Waals surface area contributed by atoms with Gasteiger partial charge in [-0.3, -0.25) is 14.5 Å². The molecule has 0 aliphatic carbocycles. The van der Waals surface area contributed by atoms with Crippen molar-refractivity contribution in [3.8, 4) is 17.0 Å². The first-order valence-corrected chi connectivity index (χ1v) is 10.0. The number of aryl methyl sites for hydroxylation is 2. The Balaban J connectivity index is 1.85. The standard InChI is InChI=1S/C20H24N2O5S/c1-5-25-8-9-26-18(23)11-22-16-10-15(19-13(3)28-14(4)21-19)6-7-17(16)27-12(2)20(22)24/h6-7,10,12H,5,8-9,11H2,1-4H3. The van der Waals surface area contributed by atoms with Crippen molar-refractivity contribution in [2.45, 2.75) is 33.8 Å². The Morgan fingerprint density at radius 3 is 2.79 bits per heavy atom. The SMILES string of the molecule is CCOCCOC(=O)CN1C(=O)C(C)Oc2ccc(-c3nc(C)sc3C)cc21. The van der Waals surface area contributed by atoms with Crippen LogP contribution in [0.4, 0.5) is 5.69 Å². The van der Waals surface area contributed by atoms with E-state index in [1.54, 1.807) is 18.3 Å². The van der Waals surface area contributed by atoms with Crippen molar-refractivity contribution in [1.82, 2.24) is 4.98 Å². The van der Waals surface area contributed by atoms with E-state index in [1.165, 1.54) is 4.90 Å². The van der Waals surface area contributed by atoms with Crippen LogP contribution in [-0.2, 0) is 19.1 Å². The average Bonchev–Trinajstić information content (AvgIpc) is 3.00. The molecule has 7 nitrogen and oxygen atoms in total. The summed E-state index contributed by atoms with van der Waals surface area (Å²) in [6.07, 6.45) is -0.669. The maximum Gasteiger partial charge on any atom is 0.326 e. The van der Waals surface area contributed by atoms with Crippen LogP contribution in [0.2, 0.25) is 0 Å². The number of thiazole rings is 1. The second-order valence-corrected chi connectivity index (χ2v) is 7.83. The molecule has 3 rings (SSSR count). The van der Waals surface area contributed by atoms with E-state index in [2.05, 4.69) is 4.98 Å². The van der Waals surface area contributed by atoms with Gasteiger partial charge < -0.3 is 14.2 Å². The summed E-state index contributed by atoms with van der Waals surface area (Å²) in [7, 11) is 0. The summed E-state index contributed by atoms with van der Waals surface area (Å²) in [5.74, 6) is -0.209. The summed E-state index contributed by atoms with van der Waals surface area (Å²) >= 11 is 1.62. The first-order valence-electron chi connectivity index (χ1n) is 9.20. The highest BCUT2D eigenvalue weighted by Gasteiger charge is 2.33. The Hall–Kier alpha value is -2.45. The van der Waals surface area contributed by atoms with Crippen LogP contribution >= 0.6 is 11.3 Å². The molecule has 1 aromatic carbocycles. The second-order valence-electron chi connectivity index (χ2n) is 6.42. The number of benzene rings is 1. The minimum Gasteiger partial charge on any atom is -0.479 e. The number of anilines is 1. The molecule has 2 heterocycles. The molecule has 0 spiro atoms. The third-order valence-electron chi connectivity index (χ3n) is 4.33. The van der Waals surface area contributed by atoms with E-state index < -0.39 is 12.1 Å². The van der Waals surface area contributed by atoms with E-state index in [1.807, 2.05) is 39.0 Å². The van der Waals surface area contributed by atoms with Gasteiger partial charge in [0.15, 0.2) is 6.10 Å². The van der Waals surface area contributed by atoms with Crippen LogP contribution in [0.5, 0.6) is 5.75 Å². The Kier molecular flexibility index (Phi) is 6.31. The fourth-order valence-electron chi connectivity index (χ4n) is 3.05. The summed E-state index contributed by atoms with van der Waals surface area (Å²) in [5, 5.41) is 0.973. The number of amides is 1. The van der Waals surface area contributed by atoms with E-state index in [0.717, 1.165) is 21.1 Å². The monoisotopic (exact) mass is 404 g/mol. The van der Waals surface area contributed by atoms with E-state index in [-0.39, 0.29) is 19.1 Å². The summed E-state index contributed by atoms with van der Waals surface area (Å²) in [6, 6.07) is 5.57. The summed E-state index contributed by atoms with van der Waals surface area (Å²) in [4.78, 5) is 32.0. The second kappa shape index (κ2) is 8.70. The van der Waals surface area contributed by atoms with Gasteiger partial charge in [0.05, 0.1) is 23.0 Å². The fourth-order valence-corrected chi connectivity index (χ4v) is 3.89. The van der Waals surface area contributed by atoms with Crippen LogP contribution in [-0.4, -0.2) is 49.3 Å². The Labute approximate surface area is 168 Å². The van der Waals surface area contributed by atoms with Crippen LogP contribution in [0.1, 0.15) is 23.7 Å². The lowest BCUT2D eigenvalue weighted by Crippen LogP contribution is -2.47. The third-order valence-corrected chi connectivity index (χ3v) is 5.21. The zero-order valence-corrected chi connectivity index (χ0v) is 17.3. The Morgan fingerprint density at radius 1 is 1.32 bits per heavy atom. The highest BCUT2D eigenvalue weighted by atomic mass is 32.1. The first kappa shape index (κ1) is 20.3. The molecule has 0 radical (unpaired) electrons. The number of carbonyl (C=O) groups excluding carboxylic acids is 2. The molecule has 1 aliphatic rings. The summed E-state index contributed by atoms with van der Waals surface area (Å²) in [5.41, 5.74) is 2.30. The number of aromatic nitrogens is 1.